The molecule has 0 bridgehead atoms. The first kappa shape index (κ1) is 20.1. The lowest BCUT2D eigenvalue weighted by Gasteiger charge is -2.26. The first-order chi connectivity index (χ1) is 12.1. The molecule has 1 fully saturated rings. The summed E-state index contributed by atoms with van der Waals surface area (Å²) in [5, 5.41) is 9.43. The molecule has 1 aromatic carbocycles. The van der Waals surface area contributed by atoms with E-state index in [1.54, 1.807) is 20.8 Å². The molecule has 1 N–H and O–H groups in total. The molecule has 26 heavy (non-hydrogen) atoms. The van der Waals surface area contributed by atoms with E-state index in [0.717, 1.165) is 6.42 Å². The predicted molar refractivity (Wildman–Crippen MR) is 98.5 cm³/mol. The summed E-state index contributed by atoms with van der Waals surface area (Å²) < 4.78 is 11.2. The second-order valence-corrected chi connectivity index (χ2v) is 7.84. The average molecular weight is 363 g/mol. The number of likely N-dealkylation sites (tertiary alicyclic amines) is 1. The monoisotopic (exact) mass is 363 g/mol. The van der Waals surface area contributed by atoms with E-state index in [9.17, 15) is 14.7 Å². The molecule has 1 unspecified atom stereocenters. The molecule has 1 aromatic rings. The first-order valence-electron chi connectivity index (χ1n) is 9.09. The fourth-order valence-corrected chi connectivity index (χ4v) is 2.94. The number of amides is 1. The summed E-state index contributed by atoms with van der Waals surface area (Å²) in [4.78, 5) is 25.1. The van der Waals surface area contributed by atoms with E-state index in [1.165, 1.54) is 10.5 Å². The topological polar surface area (TPSA) is 76.1 Å². The van der Waals surface area contributed by atoms with E-state index in [2.05, 4.69) is 13.8 Å². The Morgan fingerprint density at radius 3 is 2.38 bits per heavy atom. The molecule has 1 aliphatic rings. The number of nitrogens with zero attached hydrogens (tertiary/aromatic N) is 1. The second-order valence-electron chi connectivity index (χ2n) is 7.84. The van der Waals surface area contributed by atoms with E-state index in [-0.39, 0.29) is 19.1 Å². The maximum atomic E-state index is 12.3. The van der Waals surface area contributed by atoms with Crippen LogP contribution in [0.1, 0.15) is 58.9 Å². The van der Waals surface area contributed by atoms with Crippen molar-refractivity contribution in [2.75, 3.05) is 6.54 Å². The van der Waals surface area contributed by atoms with Crippen molar-refractivity contribution >= 4 is 12.1 Å². The van der Waals surface area contributed by atoms with Gasteiger partial charge in [-0.1, -0.05) is 26.0 Å². The highest BCUT2D eigenvalue weighted by Crippen LogP contribution is 2.27. The van der Waals surface area contributed by atoms with Crippen molar-refractivity contribution in [3.63, 3.8) is 0 Å². The zero-order chi connectivity index (χ0) is 19.5. The van der Waals surface area contributed by atoms with Crippen LogP contribution in [0.25, 0.3) is 0 Å². The maximum Gasteiger partial charge on any atom is 0.411 e. The highest BCUT2D eigenvalue weighted by atomic mass is 16.6. The Hall–Kier alpha value is -2.24. The second kappa shape index (κ2) is 7.98. The van der Waals surface area contributed by atoms with Crippen LogP contribution in [-0.2, 0) is 9.53 Å². The van der Waals surface area contributed by atoms with E-state index >= 15 is 0 Å². The van der Waals surface area contributed by atoms with Crippen molar-refractivity contribution in [1.82, 2.24) is 4.90 Å². The van der Waals surface area contributed by atoms with Gasteiger partial charge in [0.1, 0.15) is 23.5 Å². The molecule has 0 aromatic heterocycles. The van der Waals surface area contributed by atoms with Crippen LogP contribution in [0.3, 0.4) is 0 Å². The lowest BCUT2D eigenvalue weighted by atomic mass is 9.99. The molecule has 0 aliphatic carbocycles. The summed E-state index contributed by atoms with van der Waals surface area (Å²) in [6, 6.07) is 6.91. The largest absolute Gasteiger partial charge is 0.488 e. The predicted octanol–water partition coefficient (Wildman–Crippen LogP) is 4.04. The molecule has 0 saturated carbocycles. The quantitative estimate of drug-likeness (QED) is 0.854. The van der Waals surface area contributed by atoms with Gasteiger partial charge in [0, 0.05) is 6.42 Å². The number of carboxylic acids is 1. The molecule has 3 atom stereocenters. The maximum absolute atomic E-state index is 12.3. The summed E-state index contributed by atoms with van der Waals surface area (Å²) >= 11 is 0. The molecule has 1 saturated heterocycles. The van der Waals surface area contributed by atoms with E-state index in [1.807, 2.05) is 24.3 Å². The Morgan fingerprint density at radius 1 is 1.27 bits per heavy atom. The van der Waals surface area contributed by atoms with Crippen LogP contribution < -0.4 is 4.74 Å². The average Bonchev–Trinajstić information content (AvgIpc) is 2.97. The fourth-order valence-electron chi connectivity index (χ4n) is 2.94. The number of carbonyl (C=O) groups excluding carboxylic acids is 1. The van der Waals surface area contributed by atoms with E-state index < -0.39 is 23.7 Å². The zero-order valence-electron chi connectivity index (χ0n) is 16.2. The van der Waals surface area contributed by atoms with Gasteiger partial charge in [-0.15, -0.1) is 0 Å². The number of aliphatic carboxylic acids is 1. The van der Waals surface area contributed by atoms with Crippen LogP contribution in [0.4, 0.5) is 4.79 Å². The van der Waals surface area contributed by atoms with Gasteiger partial charge >= 0.3 is 12.1 Å². The van der Waals surface area contributed by atoms with Crippen molar-refractivity contribution in [2.24, 2.45) is 0 Å². The van der Waals surface area contributed by atoms with Crippen molar-refractivity contribution in [1.29, 1.82) is 0 Å². The van der Waals surface area contributed by atoms with Crippen molar-refractivity contribution in [3.05, 3.63) is 29.8 Å². The summed E-state index contributed by atoms with van der Waals surface area (Å²) in [5.41, 5.74) is 0.565. The lowest BCUT2D eigenvalue weighted by molar-refractivity contribution is -0.142. The molecular weight excluding hydrogens is 334 g/mol. The standard InChI is InChI=1S/C20H29NO5/c1-6-13(2)14-7-9-15(10-8-14)25-16-11-17(18(22)23)21(12-16)19(24)26-20(3,4)5/h7-10,13,16-17H,6,11-12H2,1-5H3,(H,22,23)/t13?,16-,17-/m0/s1. The number of hydrogen-bond donors (Lipinski definition) is 1. The van der Waals surface area contributed by atoms with Gasteiger partial charge in [-0.3, -0.25) is 4.90 Å². The van der Waals surface area contributed by atoms with Crippen molar-refractivity contribution < 1.29 is 24.2 Å². The molecule has 0 spiro atoms. The van der Waals surface area contributed by atoms with E-state index in [0.29, 0.717) is 11.7 Å². The lowest BCUT2D eigenvalue weighted by Crippen LogP contribution is -2.43. The highest BCUT2D eigenvalue weighted by Gasteiger charge is 2.42. The number of carboxylic acid groups (broad SMARTS) is 1. The third kappa shape index (κ3) is 5.13. The Balaban J connectivity index is 2.05. The van der Waals surface area contributed by atoms with Crippen LogP contribution in [0, 0.1) is 0 Å². The molecule has 6 heteroatoms. The number of carbonyl (C=O) groups is 2. The molecule has 0 radical (unpaired) electrons. The van der Waals surface area contributed by atoms with Gasteiger partial charge in [0.05, 0.1) is 6.54 Å². The normalized spacial score (nSPS) is 21.3. The van der Waals surface area contributed by atoms with Crippen LogP contribution >= 0.6 is 0 Å². The molecular formula is C20H29NO5. The van der Waals surface area contributed by atoms with Crippen LogP contribution in [0.5, 0.6) is 5.75 Å². The Morgan fingerprint density at radius 2 is 1.88 bits per heavy atom. The molecule has 1 heterocycles. The van der Waals surface area contributed by atoms with Crippen LogP contribution in [-0.4, -0.2) is 46.4 Å². The molecule has 144 valence electrons. The van der Waals surface area contributed by atoms with Gasteiger partial charge in [0.2, 0.25) is 0 Å². The van der Waals surface area contributed by atoms with Gasteiger partial charge in [-0.2, -0.15) is 0 Å². The smallest absolute Gasteiger partial charge is 0.411 e. The Bertz CT molecular complexity index is 635. The van der Waals surface area contributed by atoms with Gasteiger partial charge in [0.15, 0.2) is 0 Å². The number of benzene rings is 1. The first-order valence-corrected chi connectivity index (χ1v) is 9.09. The fraction of sp³-hybridized carbons (Fsp3) is 0.600. The van der Waals surface area contributed by atoms with Crippen LogP contribution in [0.15, 0.2) is 24.3 Å². The van der Waals surface area contributed by atoms with Gasteiger partial charge < -0.3 is 14.6 Å². The molecule has 1 amide bonds. The number of ether oxygens (including phenoxy) is 2. The third-order valence-electron chi connectivity index (χ3n) is 4.54. The minimum atomic E-state index is -1.05. The number of rotatable bonds is 5. The molecule has 6 nitrogen and oxygen atoms in total. The zero-order valence-corrected chi connectivity index (χ0v) is 16.2. The van der Waals surface area contributed by atoms with Gasteiger partial charge in [-0.05, 0) is 50.8 Å². The van der Waals surface area contributed by atoms with Crippen molar-refractivity contribution in [3.8, 4) is 5.75 Å². The van der Waals surface area contributed by atoms with Crippen molar-refractivity contribution in [2.45, 2.75) is 71.1 Å². The third-order valence-corrected chi connectivity index (χ3v) is 4.54. The summed E-state index contributed by atoms with van der Waals surface area (Å²) in [6.07, 6.45) is 0.302. The Labute approximate surface area is 155 Å². The van der Waals surface area contributed by atoms with Gasteiger partial charge in [-0.25, -0.2) is 9.59 Å². The molecule has 2 rings (SSSR count). The summed E-state index contributed by atoms with van der Waals surface area (Å²) in [6.45, 7) is 9.77. The van der Waals surface area contributed by atoms with Gasteiger partial charge in [0.25, 0.3) is 0 Å². The highest BCUT2D eigenvalue weighted by molar-refractivity contribution is 5.81. The number of hydrogen-bond acceptors (Lipinski definition) is 4. The summed E-state index contributed by atoms with van der Waals surface area (Å²) in [5.74, 6) is 0.112. The van der Waals surface area contributed by atoms with Crippen LogP contribution in [0.2, 0.25) is 0 Å². The molecule has 1 aliphatic heterocycles. The summed E-state index contributed by atoms with van der Waals surface area (Å²) in [7, 11) is 0. The Kier molecular flexibility index (Phi) is 6.16. The minimum Gasteiger partial charge on any atom is -0.488 e. The minimum absolute atomic E-state index is 0.193. The van der Waals surface area contributed by atoms with E-state index in [4.69, 9.17) is 9.47 Å². The SMILES string of the molecule is CCC(C)c1ccc(O[C@H]2C[C@@H](C(=O)O)N(C(=O)OC(C)(C)C)C2)cc1.